The van der Waals surface area contributed by atoms with Gasteiger partial charge in [0.25, 0.3) is 5.91 Å². The number of aromatic nitrogens is 1. The molecule has 0 N–H and O–H groups in total. The topological polar surface area (TPSA) is 35.0 Å². The van der Waals surface area contributed by atoms with E-state index in [1.54, 1.807) is 0 Å². The van der Waals surface area contributed by atoms with E-state index in [1.807, 2.05) is 40.8 Å². The molecule has 1 unspecified atom stereocenters. The zero-order valence-electron chi connectivity index (χ0n) is 20.6. The molecule has 0 spiro atoms. The number of amides is 1. The van der Waals surface area contributed by atoms with Crippen molar-refractivity contribution in [3.05, 3.63) is 83.1 Å². The fraction of sp³-hybridized carbons (Fsp3) is 0.393. The van der Waals surface area contributed by atoms with Crippen LogP contribution in [0.3, 0.4) is 0 Å². The van der Waals surface area contributed by atoms with E-state index in [0.717, 1.165) is 68.8 Å². The second kappa shape index (κ2) is 10.3. The summed E-state index contributed by atoms with van der Waals surface area (Å²) in [5.74, 6) is 0.127. The first-order valence-electron chi connectivity index (χ1n) is 12.5. The SMILES string of the molecule is CC(c1cc(C(=O)N2CCN(c3ccccc3)CC2)n(C)c1)N1CCN(c2ccccc2Cl)CC1. The molecular formula is C28H34ClN5O. The van der Waals surface area contributed by atoms with E-state index < -0.39 is 0 Å². The lowest BCUT2D eigenvalue weighted by molar-refractivity contribution is 0.0737. The largest absolute Gasteiger partial charge is 0.368 e. The van der Waals surface area contributed by atoms with Crippen molar-refractivity contribution in [1.82, 2.24) is 14.4 Å². The van der Waals surface area contributed by atoms with Gasteiger partial charge in [-0.3, -0.25) is 9.69 Å². The maximum Gasteiger partial charge on any atom is 0.270 e. The van der Waals surface area contributed by atoms with Gasteiger partial charge in [0.1, 0.15) is 5.69 Å². The molecule has 2 saturated heterocycles. The van der Waals surface area contributed by atoms with Crippen molar-refractivity contribution < 1.29 is 4.79 Å². The minimum absolute atomic E-state index is 0.127. The highest BCUT2D eigenvalue weighted by atomic mass is 35.5. The Morgan fingerprint density at radius 1 is 0.829 bits per heavy atom. The lowest BCUT2D eigenvalue weighted by atomic mass is 10.1. The number of carbonyl (C=O) groups is 1. The van der Waals surface area contributed by atoms with Gasteiger partial charge in [-0.25, -0.2) is 0 Å². The number of rotatable bonds is 5. The fourth-order valence-electron chi connectivity index (χ4n) is 5.27. The molecule has 0 aliphatic carbocycles. The summed E-state index contributed by atoms with van der Waals surface area (Å²) >= 11 is 6.41. The van der Waals surface area contributed by atoms with Crippen molar-refractivity contribution >= 4 is 28.9 Å². The van der Waals surface area contributed by atoms with E-state index in [2.05, 4.69) is 64.2 Å². The van der Waals surface area contributed by atoms with E-state index in [4.69, 9.17) is 11.6 Å². The molecular weight excluding hydrogens is 458 g/mol. The normalized spacial score (nSPS) is 18.1. The fourth-order valence-corrected chi connectivity index (χ4v) is 5.52. The first-order chi connectivity index (χ1) is 17.0. The van der Waals surface area contributed by atoms with Crippen LogP contribution in [0.1, 0.15) is 29.0 Å². The molecule has 2 fully saturated rings. The molecule has 2 aliphatic rings. The molecule has 0 saturated carbocycles. The van der Waals surface area contributed by atoms with Crippen molar-refractivity contribution in [1.29, 1.82) is 0 Å². The van der Waals surface area contributed by atoms with Crippen LogP contribution in [0.25, 0.3) is 0 Å². The molecule has 184 valence electrons. The predicted octanol–water partition coefficient (Wildman–Crippen LogP) is 4.52. The molecule has 2 aliphatic heterocycles. The quantitative estimate of drug-likeness (QED) is 0.525. The van der Waals surface area contributed by atoms with Crippen molar-refractivity contribution in [2.75, 3.05) is 62.2 Å². The lowest BCUT2D eigenvalue weighted by Crippen LogP contribution is -2.49. The Labute approximate surface area is 213 Å². The standard InChI is InChI=1S/C28H34ClN5O/c1-22(31-12-16-33(17-13-31)26-11-7-6-10-25(26)29)23-20-27(30(2)21-23)28(35)34-18-14-32(15-19-34)24-8-4-3-5-9-24/h3-11,20-22H,12-19H2,1-2H3. The number of nitrogens with zero attached hydrogens (tertiary/aromatic N) is 5. The summed E-state index contributed by atoms with van der Waals surface area (Å²) in [6, 6.07) is 20.9. The Bertz CT molecular complexity index is 1150. The van der Waals surface area contributed by atoms with Crippen LogP contribution in [0.2, 0.25) is 5.02 Å². The summed E-state index contributed by atoms with van der Waals surface area (Å²) < 4.78 is 2.00. The average Bonchev–Trinajstić information content (AvgIpc) is 3.30. The predicted molar refractivity (Wildman–Crippen MR) is 144 cm³/mol. The summed E-state index contributed by atoms with van der Waals surface area (Å²) in [6.45, 7) is 9.27. The van der Waals surface area contributed by atoms with E-state index in [0.29, 0.717) is 0 Å². The van der Waals surface area contributed by atoms with Gasteiger partial charge in [0, 0.05) is 77.3 Å². The number of hydrogen-bond acceptors (Lipinski definition) is 4. The summed E-state index contributed by atoms with van der Waals surface area (Å²) in [5.41, 5.74) is 4.31. The molecule has 7 heteroatoms. The lowest BCUT2D eigenvalue weighted by Gasteiger charge is -2.39. The van der Waals surface area contributed by atoms with Gasteiger partial charge in [-0.05, 0) is 42.8 Å². The summed E-state index contributed by atoms with van der Waals surface area (Å²) in [6.07, 6.45) is 2.12. The maximum atomic E-state index is 13.4. The number of benzene rings is 2. The second-order valence-corrected chi connectivity index (χ2v) is 9.94. The average molecular weight is 492 g/mol. The highest BCUT2D eigenvalue weighted by Crippen LogP contribution is 2.29. The first-order valence-corrected chi connectivity index (χ1v) is 12.9. The molecule has 3 aromatic rings. The third kappa shape index (κ3) is 5.04. The van der Waals surface area contributed by atoms with Crippen LogP contribution in [-0.4, -0.2) is 72.6 Å². The Balaban J connectivity index is 1.19. The Kier molecular flexibility index (Phi) is 7.02. The number of piperazine rings is 2. The van der Waals surface area contributed by atoms with Crippen molar-refractivity contribution in [3.63, 3.8) is 0 Å². The highest BCUT2D eigenvalue weighted by Gasteiger charge is 2.27. The van der Waals surface area contributed by atoms with Gasteiger partial charge >= 0.3 is 0 Å². The zero-order valence-corrected chi connectivity index (χ0v) is 21.4. The number of anilines is 2. The van der Waals surface area contributed by atoms with Gasteiger partial charge in [-0.2, -0.15) is 0 Å². The second-order valence-electron chi connectivity index (χ2n) is 9.53. The van der Waals surface area contributed by atoms with Crippen LogP contribution in [0.5, 0.6) is 0 Å². The van der Waals surface area contributed by atoms with Crippen LogP contribution in [0.15, 0.2) is 66.9 Å². The molecule has 35 heavy (non-hydrogen) atoms. The molecule has 6 nitrogen and oxygen atoms in total. The van der Waals surface area contributed by atoms with Crippen LogP contribution in [-0.2, 0) is 7.05 Å². The van der Waals surface area contributed by atoms with Gasteiger partial charge < -0.3 is 19.3 Å². The number of carbonyl (C=O) groups excluding carboxylic acids is 1. The van der Waals surface area contributed by atoms with Crippen molar-refractivity contribution in [2.24, 2.45) is 7.05 Å². The highest BCUT2D eigenvalue weighted by molar-refractivity contribution is 6.33. The van der Waals surface area contributed by atoms with Gasteiger partial charge in [-0.1, -0.05) is 41.9 Å². The third-order valence-electron chi connectivity index (χ3n) is 7.47. The smallest absolute Gasteiger partial charge is 0.270 e. The Morgan fingerprint density at radius 2 is 1.46 bits per heavy atom. The minimum Gasteiger partial charge on any atom is -0.368 e. The first kappa shape index (κ1) is 23.8. The van der Waals surface area contributed by atoms with E-state index in [9.17, 15) is 4.79 Å². The Morgan fingerprint density at radius 3 is 2.14 bits per heavy atom. The maximum absolute atomic E-state index is 13.4. The molecule has 1 aromatic heterocycles. The molecule has 2 aromatic carbocycles. The van der Waals surface area contributed by atoms with Gasteiger partial charge in [0.2, 0.25) is 0 Å². The minimum atomic E-state index is 0.127. The summed E-state index contributed by atoms with van der Waals surface area (Å²) in [5, 5.41) is 0.810. The van der Waals surface area contributed by atoms with Crippen molar-refractivity contribution in [2.45, 2.75) is 13.0 Å². The molecule has 3 heterocycles. The van der Waals surface area contributed by atoms with Gasteiger partial charge in [-0.15, -0.1) is 0 Å². The summed E-state index contributed by atoms with van der Waals surface area (Å²) in [4.78, 5) is 22.6. The third-order valence-corrected chi connectivity index (χ3v) is 7.79. The van der Waals surface area contributed by atoms with Crippen molar-refractivity contribution in [3.8, 4) is 0 Å². The molecule has 0 bridgehead atoms. The number of halogens is 1. The molecule has 5 rings (SSSR count). The van der Waals surface area contributed by atoms with Gasteiger partial charge in [0.15, 0.2) is 0 Å². The van der Waals surface area contributed by atoms with Crippen LogP contribution < -0.4 is 9.80 Å². The van der Waals surface area contributed by atoms with Crippen LogP contribution in [0, 0.1) is 0 Å². The number of para-hydroxylation sites is 2. The number of hydrogen-bond donors (Lipinski definition) is 0. The van der Waals surface area contributed by atoms with Crippen LogP contribution >= 0.6 is 11.6 Å². The number of aryl methyl sites for hydroxylation is 1. The van der Waals surface area contributed by atoms with E-state index >= 15 is 0 Å². The van der Waals surface area contributed by atoms with E-state index in [-0.39, 0.29) is 11.9 Å². The Hall–Kier alpha value is -2.96. The zero-order chi connectivity index (χ0) is 24.4. The van der Waals surface area contributed by atoms with Crippen LogP contribution in [0.4, 0.5) is 11.4 Å². The van der Waals surface area contributed by atoms with E-state index in [1.165, 1.54) is 11.3 Å². The van der Waals surface area contributed by atoms with Gasteiger partial charge in [0.05, 0.1) is 10.7 Å². The monoisotopic (exact) mass is 491 g/mol. The molecule has 1 atom stereocenters. The molecule has 0 radical (unpaired) electrons. The molecule has 1 amide bonds. The summed E-state index contributed by atoms with van der Waals surface area (Å²) in [7, 11) is 1.99.